The molecule has 2 rings (SSSR count). The molecule has 1 aromatic heterocycles. The summed E-state index contributed by atoms with van der Waals surface area (Å²) in [6, 6.07) is 12.6. The van der Waals surface area contributed by atoms with Gasteiger partial charge >= 0.3 is 0 Å². The highest BCUT2D eigenvalue weighted by atomic mass is 16.6. The van der Waals surface area contributed by atoms with Crippen molar-refractivity contribution in [2.75, 3.05) is 0 Å². The summed E-state index contributed by atoms with van der Waals surface area (Å²) in [7, 11) is 0. The van der Waals surface area contributed by atoms with Crippen LogP contribution in [0.4, 0.5) is 0 Å². The Morgan fingerprint density at radius 3 is 2.53 bits per heavy atom. The van der Waals surface area contributed by atoms with Crippen LogP contribution >= 0.6 is 0 Å². The average Bonchev–Trinajstić information content (AvgIpc) is 2.41. The average molecular weight is 228 g/mol. The van der Waals surface area contributed by atoms with Crippen molar-refractivity contribution in [3.63, 3.8) is 0 Å². The van der Waals surface area contributed by atoms with Gasteiger partial charge in [-0.15, -0.1) is 0 Å². The van der Waals surface area contributed by atoms with E-state index < -0.39 is 0 Å². The van der Waals surface area contributed by atoms with Gasteiger partial charge in [0.05, 0.1) is 6.61 Å². The third kappa shape index (κ3) is 3.39. The van der Waals surface area contributed by atoms with Gasteiger partial charge in [0.25, 0.3) is 5.91 Å². The number of rotatable bonds is 4. The van der Waals surface area contributed by atoms with E-state index in [4.69, 9.17) is 4.84 Å². The zero-order chi connectivity index (χ0) is 11.9. The molecule has 0 bridgehead atoms. The SMILES string of the molecule is O=C(NOCc1ccncc1)c1ccccc1. The van der Waals surface area contributed by atoms with Gasteiger partial charge in [-0.3, -0.25) is 14.6 Å². The van der Waals surface area contributed by atoms with Crippen molar-refractivity contribution in [3.05, 3.63) is 66.0 Å². The first-order valence-corrected chi connectivity index (χ1v) is 5.22. The summed E-state index contributed by atoms with van der Waals surface area (Å²) in [5.41, 5.74) is 3.91. The molecule has 4 nitrogen and oxygen atoms in total. The molecule has 0 aliphatic heterocycles. The van der Waals surface area contributed by atoms with Gasteiger partial charge in [-0.1, -0.05) is 18.2 Å². The van der Waals surface area contributed by atoms with Crippen LogP contribution in [-0.2, 0) is 11.4 Å². The molecule has 4 heteroatoms. The molecule has 86 valence electrons. The molecule has 0 saturated heterocycles. The van der Waals surface area contributed by atoms with Crippen LogP contribution in [0.3, 0.4) is 0 Å². The fourth-order valence-electron chi connectivity index (χ4n) is 1.31. The van der Waals surface area contributed by atoms with Crippen LogP contribution in [-0.4, -0.2) is 10.9 Å². The molecule has 0 unspecified atom stereocenters. The number of aromatic nitrogens is 1. The molecule has 1 N–H and O–H groups in total. The molecule has 1 amide bonds. The maximum Gasteiger partial charge on any atom is 0.274 e. The van der Waals surface area contributed by atoms with Crippen LogP contribution in [0.2, 0.25) is 0 Å². The number of carbonyl (C=O) groups excluding carboxylic acids is 1. The van der Waals surface area contributed by atoms with Crippen molar-refractivity contribution in [1.29, 1.82) is 0 Å². The lowest BCUT2D eigenvalue weighted by Crippen LogP contribution is -2.23. The number of benzene rings is 1. The van der Waals surface area contributed by atoms with Crippen molar-refractivity contribution in [2.45, 2.75) is 6.61 Å². The van der Waals surface area contributed by atoms with E-state index in [1.807, 2.05) is 18.2 Å². The molecule has 2 aromatic rings. The highest BCUT2D eigenvalue weighted by molar-refractivity contribution is 5.93. The number of amides is 1. The number of hydrogen-bond donors (Lipinski definition) is 1. The molecule has 0 aliphatic carbocycles. The van der Waals surface area contributed by atoms with E-state index in [-0.39, 0.29) is 5.91 Å². The van der Waals surface area contributed by atoms with Gasteiger partial charge in [0.15, 0.2) is 0 Å². The first-order valence-electron chi connectivity index (χ1n) is 5.22. The summed E-state index contributed by atoms with van der Waals surface area (Å²) < 4.78 is 0. The van der Waals surface area contributed by atoms with Gasteiger partial charge < -0.3 is 0 Å². The summed E-state index contributed by atoms with van der Waals surface area (Å²) in [4.78, 5) is 20.6. The predicted octanol–water partition coefficient (Wildman–Crippen LogP) is 1.94. The third-order valence-corrected chi connectivity index (χ3v) is 2.19. The van der Waals surface area contributed by atoms with E-state index >= 15 is 0 Å². The third-order valence-electron chi connectivity index (χ3n) is 2.19. The van der Waals surface area contributed by atoms with E-state index in [2.05, 4.69) is 10.5 Å². The number of hydroxylamine groups is 1. The van der Waals surface area contributed by atoms with Crippen molar-refractivity contribution in [2.24, 2.45) is 0 Å². The molecule has 0 fully saturated rings. The quantitative estimate of drug-likeness (QED) is 0.814. The Morgan fingerprint density at radius 2 is 1.82 bits per heavy atom. The Kier molecular flexibility index (Phi) is 3.83. The first kappa shape index (κ1) is 11.3. The second kappa shape index (κ2) is 5.77. The normalized spacial score (nSPS) is 9.88. The highest BCUT2D eigenvalue weighted by Crippen LogP contribution is 2.00. The van der Waals surface area contributed by atoms with Gasteiger partial charge in [-0.25, -0.2) is 5.48 Å². The topological polar surface area (TPSA) is 51.2 Å². The molecule has 0 saturated carbocycles. The van der Waals surface area contributed by atoms with Crippen molar-refractivity contribution >= 4 is 5.91 Å². The lowest BCUT2D eigenvalue weighted by atomic mass is 10.2. The van der Waals surface area contributed by atoms with E-state index in [1.165, 1.54) is 0 Å². The zero-order valence-electron chi connectivity index (χ0n) is 9.17. The maximum atomic E-state index is 11.6. The monoisotopic (exact) mass is 228 g/mol. The number of hydrogen-bond acceptors (Lipinski definition) is 3. The van der Waals surface area contributed by atoms with Gasteiger partial charge in [-0.05, 0) is 29.8 Å². The lowest BCUT2D eigenvalue weighted by molar-refractivity contribution is 0.0233. The summed E-state index contributed by atoms with van der Waals surface area (Å²) in [6.07, 6.45) is 3.36. The second-order valence-electron chi connectivity index (χ2n) is 3.44. The van der Waals surface area contributed by atoms with E-state index in [0.29, 0.717) is 12.2 Å². The van der Waals surface area contributed by atoms with Crippen LogP contribution < -0.4 is 5.48 Å². The number of nitrogens with one attached hydrogen (secondary N) is 1. The van der Waals surface area contributed by atoms with E-state index in [1.54, 1.807) is 36.7 Å². The molecule has 0 aliphatic rings. The van der Waals surface area contributed by atoms with Crippen LogP contribution in [0.1, 0.15) is 15.9 Å². The van der Waals surface area contributed by atoms with Crippen molar-refractivity contribution in [3.8, 4) is 0 Å². The smallest absolute Gasteiger partial charge is 0.269 e. The Morgan fingerprint density at radius 1 is 1.12 bits per heavy atom. The molecule has 17 heavy (non-hydrogen) atoms. The van der Waals surface area contributed by atoms with Crippen LogP contribution in [0.15, 0.2) is 54.9 Å². The Bertz CT molecular complexity index is 471. The second-order valence-corrected chi connectivity index (χ2v) is 3.44. The maximum absolute atomic E-state index is 11.6. The molecule has 0 radical (unpaired) electrons. The molecular formula is C13H12N2O2. The van der Waals surface area contributed by atoms with Crippen molar-refractivity contribution < 1.29 is 9.63 Å². The summed E-state index contributed by atoms with van der Waals surface area (Å²) in [6.45, 7) is 0.321. The largest absolute Gasteiger partial charge is 0.274 e. The highest BCUT2D eigenvalue weighted by Gasteiger charge is 2.03. The fraction of sp³-hybridized carbons (Fsp3) is 0.0769. The number of pyridine rings is 1. The molecule has 1 heterocycles. The van der Waals surface area contributed by atoms with Crippen molar-refractivity contribution in [1.82, 2.24) is 10.5 Å². The van der Waals surface area contributed by atoms with Crippen LogP contribution in [0.5, 0.6) is 0 Å². The lowest BCUT2D eigenvalue weighted by Gasteiger charge is -2.05. The van der Waals surface area contributed by atoms with Gasteiger partial charge in [-0.2, -0.15) is 0 Å². The van der Waals surface area contributed by atoms with E-state index in [0.717, 1.165) is 5.56 Å². The number of nitrogens with zero attached hydrogens (tertiary/aromatic N) is 1. The van der Waals surface area contributed by atoms with E-state index in [9.17, 15) is 4.79 Å². The number of carbonyl (C=O) groups is 1. The van der Waals surface area contributed by atoms with Crippen LogP contribution in [0, 0.1) is 0 Å². The summed E-state index contributed by atoms with van der Waals surface area (Å²) >= 11 is 0. The minimum absolute atomic E-state index is 0.250. The van der Waals surface area contributed by atoms with Gasteiger partial charge in [0, 0.05) is 18.0 Å². The summed E-state index contributed by atoms with van der Waals surface area (Å²) in [5.74, 6) is -0.250. The molecule has 0 atom stereocenters. The molecular weight excluding hydrogens is 216 g/mol. The Labute approximate surface area is 99.2 Å². The van der Waals surface area contributed by atoms with Gasteiger partial charge in [0.2, 0.25) is 0 Å². The molecule has 0 spiro atoms. The zero-order valence-corrected chi connectivity index (χ0v) is 9.17. The minimum atomic E-state index is -0.250. The Balaban J connectivity index is 1.82. The van der Waals surface area contributed by atoms with Gasteiger partial charge in [0.1, 0.15) is 0 Å². The minimum Gasteiger partial charge on any atom is -0.269 e. The Hall–Kier alpha value is -2.20. The molecule has 1 aromatic carbocycles. The standard InChI is InChI=1S/C13H12N2O2/c16-13(12-4-2-1-3-5-12)15-17-10-11-6-8-14-9-7-11/h1-9H,10H2,(H,15,16). The summed E-state index contributed by atoms with van der Waals surface area (Å²) in [5, 5.41) is 0. The van der Waals surface area contributed by atoms with Crippen LogP contribution in [0.25, 0.3) is 0 Å². The first-order chi connectivity index (χ1) is 8.36. The predicted molar refractivity (Wildman–Crippen MR) is 62.9 cm³/mol. The fourth-order valence-corrected chi connectivity index (χ4v) is 1.31.